The average Bonchev–Trinajstić information content (AvgIpc) is 1.66. The predicted octanol–water partition coefficient (Wildman–Crippen LogP) is 23.0. The number of hydrogen-bond acceptors (Lipinski definition) is 14. The van der Waals surface area contributed by atoms with Crippen molar-refractivity contribution < 1.29 is 58.3 Å². The van der Waals surface area contributed by atoms with Gasteiger partial charge in [0.1, 0.15) is 34.3 Å². The molecule has 3 aliphatic rings. The number of fused-ring (bicyclic) bond motifs is 9. The number of aryl methyl sites for hydroxylation is 15. The Morgan fingerprint density at radius 3 is 1.01 bits per heavy atom. The summed E-state index contributed by atoms with van der Waals surface area (Å²) in [5.41, 5.74) is 27.1. The molecule has 0 saturated heterocycles. The van der Waals surface area contributed by atoms with Crippen molar-refractivity contribution in [2.24, 2.45) is 21.1 Å². The second kappa shape index (κ2) is 40.8. The van der Waals surface area contributed by atoms with Crippen LogP contribution in [0.5, 0.6) is 17.2 Å². The first-order chi connectivity index (χ1) is 66.3. The third-order valence-electron chi connectivity index (χ3n) is 26.9. The molecule has 1 atom stereocenters. The molecular formula is C107H108Cl6N14O12. The highest BCUT2D eigenvalue weighted by atomic mass is 35.5. The van der Waals surface area contributed by atoms with Crippen LogP contribution in [0.25, 0.3) is 66.1 Å². The summed E-state index contributed by atoms with van der Waals surface area (Å²) >= 11 is 40.0. The molecule has 0 spiro atoms. The monoisotopic (exact) mass is 1990 g/mol. The molecule has 3 aliphatic heterocycles. The first kappa shape index (κ1) is 99.1. The summed E-state index contributed by atoms with van der Waals surface area (Å²) < 4.78 is 30.4. The molecule has 3 N–H and O–H groups in total. The molecule has 32 heteroatoms. The summed E-state index contributed by atoms with van der Waals surface area (Å²) in [4.78, 5) is 91.3. The van der Waals surface area contributed by atoms with Crippen molar-refractivity contribution in [3.63, 3.8) is 0 Å². The first-order valence-electron chi connectivity index (χ1n) is 46.1. The molecule has 3 amide bonds. The van der Waals surface area contributed by atoms with Gasteiger partial charge in [-0.3, -0.25) is 38.4 Å². The number of carboxylic acids is 3. The van der Waals surface area contributed by atoms with Gasteiger partial charge < -0.3 is 57.9 Å². The van der Waals surface area contributed by atoms with E-state index in [-0.39, 0.29) is 53.5 Å². The number of nitrogens with zero attached hydrogens (tertiary/aromatic N) is 14. The van der Waals surface area contributed by atoms with Crippen molar-refractivity contribution in [2.45, 2.75) is 174 Å². The van der Waals surface area contributed by atoms with Crippen molar-refractivity contribution in [1.29, 1.82) is 0 Å². The summed E-state index contributed by atoms with van der Waals surface area (Å²) in [6, 6.07) is 36.3. The van der Waals surface area contributed by atoms with Crippen molar-refractivity contribution >= 4 is 138 Å². The molecule has 0 saturated carbocycles. The van der Waals surface area contributed by atoms with E-state index in [0.717, 1.165) is 188 Å². The van der Waals surface area contributed by atoms with Gasteiger partial charge in [0.25, 0.3) is 17.7 Å². The Bertz CT molecular complexity index is 7090. The van der Waals surface area contributed by atoms with E-state index in [9.17, 15) is 44.1 Å². The summed E-state index contributed by atoms with van der Waals surface area (Å²) in [6.07, 6.45) is 6.55. The quantitative estimate of drug-likeness (QED) is 0.0403. The van der Waals surface area contributed by atoms with Crippen molar-refractivity contribution in [3.8, 4) is 50.6 Å². The summed E-state index contributed by atoms with van der Waals surface area (Å²) in [7, 11) is 5.76. The third-order valence-corrected chi connectivity index (χ3v) is 29.6. The minimum Gasteiger partial charge on any atom is -0.494 e. The zero-order valence-electron chi connectivity index (χ0n) is 80.3. The smallest absolute Gasteiger partial charge is 0.337 e. The maximum atomic E-state index is 14.5. The Labute approximate surface area is 835 Å². The van der Waals surface area contributed by atoms with Gasteiger partial charge in [0.05, 0.1) is 110 Å². The van der Waals surface area contributed by atoms with E-state index < -0.39 is 17.9 Å². The number of amides is 3. The molecule has 7 aromatic carbocycles. The van der Waals surface area contributed by atoms with E-state index in [4.69, 9.17) is 83.8 Å². The Balaban J connectivity index is 0.000000151. The van der Waals surface area contributed by atoms with Crippen LogP contribution in [-0.4, -0.2) is 158 Å². The molecule has 11 heterocycles. The maximum Gasteiger partial charge on any atom is 0.337 e. The van der Waals surface area contributed by atoms with E-state index in [1.165, 1.54) is 24.5 Å². The van der Waals surface area contributed by atoms with Crippen LogP contribution < -0.4 is 14.2 Å². The summed E-state index contributed by atoms with van der Waals surface area (Å²) in [6.45, 7) is 30.8. The largest absolute Gasteiger partial charge is 0.494 e. The van der Waals surface area contributed by atoms with Crippen molar-refractivity contribution in [2.75, 3.05) is 32.9 Å². The predicted molar refractivity (Wildman–Crippen MR) is 545 cm³/mol. The molecule has 0 radical (unpaired) electrons. The van der Waals surface area contributed by atoms with E-state index >= 15 is 0 Å². The number of aromatic nitrogens is 11. The van der Waals surface area contributed by atoms with Crippen LogP contribution in [0.2, 0.25) is 30.1 Å². The van der Waals surface area contributed by atoms with Gasteiger partial charge in [-0.05, 0) is 275 Å². The Hall–Kier alpha value is -13.0. The Kier molecular flexibility index (Phi) is 29.1. The molecule has 0 unspecified atom stereocenters. The number of carbonyl (C=O) groups is 6. The SMILES string of the molecule is Cc1cc(OCCCc2c3n(c4c(-c5c(C)nn(C)c5C)c(Cl)ccc24)CCN(Cc2ccc(C(=O)O)cc2)C3=O)cc(C)c1Cl.Cc1cc(OCCCc2c3n(c4c(-c5c(C)nn(C)c5C)c(Cl)ccc24)CCN(Cc2ccc(C(=O)O)cn2)C3=O)cc(C)c1Cl.Cc1cc(OCCCc2c3n(c4c(-c5c(C)nn(C)c5C)c(Cl)ccc24)C[C@H](C)N(Cc2ccc(C(=O)O)cn2)C3=O)cc(C)c1Cl. The van der Waals surface area contributed by atoms with Gasteiger partial charge in [0, 0.05) is 161 Å². The topological polar surface area (TPSA) is 295 Å². The summed E-state index contributed by atoms with van der Waals surface area (Å²) in [5.74, 6) is -1.03. The van der Waals surface area contributed by atoms with Gasteiger partial charge in [-0.15, -0.1) is 0 Å². The normalized spacial score (nSPS) is 13.6. The molecule has 0 bridgehead atoms. The first-order valence-corrected chi connectivity index (χ1v) is 48.3. The van der Waals surface area contributed by atoms with Gasteiger partial charge in [0.15, 0.2) is 0 Å². The number of rotatable bonds is 27. The van der Waals surface area contributed by atoms with Crippen molar-refractivity contribution in [3.05, 3.63) is 299 Å². The van der Waals surface area contributed by atoms with Crippen LogP contribution >= 0.6 is 69.6 Å². The van der Waals surface area contributed by atoms with E-state index in [1.54, 1.807) is 41.3 Å². The molecule has 8 aromatic heterocycles. The number of halogens is 6. The number of carbonyl (C=O) groups excluding carboxylic acids is 3. The molecular weight excluding hydrogens is 1890 g/mol. The number of hydrogen-bond donors (Lipinski definition) is 3. The lowest BCUT2D eigenvalue weighted by Crippen LogP contribution is -2.46. The number of pyridine rings is 2. The zero-order valence-corrected chi connectivity index (χ0v) is 84.9. The van der Waals surface area contributed by atoms with Crippen LogP contribution in [0.1, 0.15) is 190 Å². The zero-order chi connectivity index (χ0) is 99.5. The molecule has 0 fully saturated rings. The van der Waals surface area contributed by atoms with Crippen molar-refractivity contribution in [1.82, 2.24) is 67.7 Å². The van der Waals surface area contributed by atoms with Crippen LogP contribution in [0.3, 0.4) is 0 Å². The van der Waals surface area contributed by atoms with Gasteiger partial charge in [-0.25, -0.2) is 14.4 Å². The Morgan fingerprint density at radius 2 is 0.698 bits per heavy atom. The lowest BCUT2D eigenvalue weighted by molar-refractivity contribution is 0.0591. The van der Waals surface area contributed by atoms with Gasteiger partial charge in [0.2, 0.25) is 0 Å². The highest BCUT2D eigenvalue weighted by Gasteiger charge is 2.40. The molecule has 139 heavy (non-hydrogen) atoms. The Morgan fingerprint density at radius 1 is 0.381 bits per heavy atom. The minimum atomic E-state index is -1.04. The molecule has 18 rings (SSSR count). The average molecular weight is 1990 g/mol. The van der Waals surface area contributed by atoms with E-state index in [2.05, 4.69) is 39.0 Å². The number of carboxylic acid groups (broad SMARTS) is 3. The van der Waals surface area contributed by atoms with Crippen LogP contribution in [0.15, 0.2) is 134 Å². The number of ether oxygens (including phenoxy) is 3. The number of benzene rings is 7. The van der Waals surface area contributed by atoms with Crippen LogP contribution in [0, 0.1) is 83.1 Å². The van der Waals surface area contributed by atoms with E-state index in [1.807, 2.05) is 208 Å². The lowest BCUT2D eigenvalue weighted by atomic mass is 9.98. The van der Waals surface area contributed by atoms with E-state index in [0.29, 0.717) is 141 Å². The summed E-state index contributed by atoms with van der Waals surface area (Å²) in [5, 5.41) is 48.9. The second-order valence-electron chi connectivity index (χ2n) is 36.3. The van der Waals surface area contributed by atoms with Gasteiger partial charge in [-0.2, -0.15) is 15.3 Å². The van der Waals surface area contributed by atoms with Gasteiger partial charge in [-0.1, -0.05) is 99.9 Å². The fraction of sp³-hybridized carbons (Fsp3) is 0.318. The standard InChI is InChI=1S/C36H37Cl2N5O4.C36H36Cl2N4O4.C35H35Cl2N5O4/c1-19-14-26(15-20(2)32(19)38)47-13-7-8-27-28-11-12-29(37)31(30-22(4)40-41(6)23(30)5)33(28)43-17-21(3)42(35(44)34(27)43)18-25-10-9-24(16-39-25)36(45)46;1-20-17-26(18-21(2)32(20)38)46-16-6-7-27-28-12-13-29(37)31(30-22(3)39-40(5)23(30)4)33(28)42-15-14-41(35(43)34(27)42)19-24-8-10-25(11-9-24)36(44)45;1-19-15-25(16-20(2)31(19)37)46-14-6-7-26-27-10-11-28(36)30(29-21(3)39-40(5)22(29)4)32(27)42-13-12-41(34(43)33(26)42)18-24-9-8-23(17-38-24)35(44)45/h9-12,14-16,21H,7-8,13,17-18H2,1-6H3,(H,45,46);8-13,17-18H,6-7,14-16,19H2,1-5H3,(H,44,45);8-11,15-17H,6-7,12-14,18H2,1-5H3,(H,44,45)/t21-;;/m0../s1. The molecule has 720 valence electrons. The second-order valence-corrected chi connectivity index (χ2v) is 38.6. The highest BCUT2D eigenvalue weighted by molar-refractivity contribution is 6.37. The van der Waals surface area contributed by atoms with Gasteiger partial charge >= 0.3 is 17.9 Å². The minimum absolute atomic E-state index is 0.0636. The van der Waals surface area contributed by atoms with Crippen LogP contribution in [0.4, 0.5) is 0 Å². The third kappa shape index (κ3) is 19.6. The maximum absolute atomic E-state index is 14.5. The lowest BCUT2D eigenvalue weighted by Gasteiger charge is -2.35. The van der Waals surface area contributed by atoms with Crippen LogP contribution in [-0.2, 0) is 79.7 Å². The highest BCUT2D eigenvalue weighted by Crippen LogP contribution is 2.48. The molecule has 26 nitrogen and oxygen atoms in total. The molecule has 0 aliphatic carbocycles. The fourth-order valence-electron chi connectivity index (χ4n) is 19.8. The number of aromatic carboxylic acids is 3. The fourth-order valence-corrected chi connectivity index (χ4v) is 20.9. The molecule has 15 aromatic rings.